The number of thioether (sulfide) groups is 1. The van der Waals surface area contributed by atoms with Gasteiger partial charge in [-0.05, 0) is 49.9 Å². The molecule has 0 atom stereocenters. The monoisotopic (exact) mass is 439 g/mol. The first kappa shape index (κ1) is 22.4. The number of rotatable bonds is 6. The van der Waals surface area contributed by atoms with Crippen LogP contribution in [0.1, 0.15) is 72.1 Å². The zero-order chi connectivity index (χ0) is 21.0. The molecule has 2 aliphatic rings. The lowest BCUT2D eigenvalue weighted by Crippen LogP contribution is -2.50. The highest BCUT2D eigenvalue weighted by Crippen LogP contribution is 2.40. The summed E-state index contributed by atoms with van der Waals surface area (Å²) < 4.78 is 0.806. The number of hydrogen-bond acceptors (Lipinski definition) is 5. The van der Waals surface area contributed by atoms with Gasteiger partial charge in [-0.15, -0.1) is 11.8 Å². The Morgan fingerprint density at radius 3 is 2.38 bits per heavy atom. The largest absolute Gasteiger partial charge is 0.481 e. The van der Waals surface area contributed by atoms with E-state index in [0.29, 0.717) is 22.6 Å². The molecule has 2 N–H and O–H groups in total. The van der Waals surface area contributed by atoms with E-state index in [1.807, 2.05) is 0 Å². The molecule has 2 fully saturated rings. The van der Waals surface area contributed by atoms with Crippen molar-refractivity contribution >= 4 is 40.2 Å². The number of nitrogens with zero attached hydrogens (tertiary/aromatic N) is 2. The quantitative estimate of drug-likeness (QED) is 0.556. The molecular weight excluding hydrogens is 406 g/mol. The van der Waals surface area contributed by atoms with Crippen molar-refractivity contribution in [1.29, 1.82) is 0 Å². The number of aliphatic carboxylic acids is 1. The first-order chi connectivity index (χ1) is 13.7. The predicted molar refractivity (Wildman–Crippen MR) is 119 cm³/mol. The molecule has 0 radical (unpaired) electrons. The van der Waals surface area contributed by atoms with Gasteiger partial charge in [0, 0.05) is 12.1 Å². The second-order valence-electron chi connectivity index (χ2n) is 9.31. The lowest BCUT2D eigenvalue weighted by molar-refractivity contribution is -0.133. The predicted octanol–water partition coefficient (Wildman–Crippen LogP) is 5.70. The number of anilines is 1. The average Bonchev–Trinajstić information content (AvgIpc) is 3.32. The molecule has 2 aliphatic carbocycles. The minimum Gasteiger partial charge on any atom is -0.481 e. The molecule has 1 aromatic rings. The average molecular weight is 440 g/mol. The van der Waals surface area contributed by atoms with Crippen LogP contribution in [0.4, 0.5) is 9.93 Å². The summed E-state index contributed by atoms with van der Waals surface area (Å²) in [6, 6.07) is 0.588. The molecule has 0 unspecified atom stereocenters. The third kappa shape index (κ3) is 6.10. The van der Waals surface area contributed by atoms with E-state index in [0.717, 1.165) is 35.8 Å². The molecule has 3 rings (SSSR count). The van der Waals surface area contributed by atoms with E-state index in [4.69, 9.17) is 5.11 Å². The maximum absolute atomic E-state index is 13.2. The molecule has 0 saturated heterocycles. The number of nitrogens with one attached hydrogen (secondary N) is 1. The van der Waals surface area contributed by atoms with Crippen LogP contribution in [-0.4, -0.2) is 44.8 Å². The van der Waals surface area contributed by atoms with Gasteiger partial charge in [-0.2, -0.15) is 0 Å². The van der Waals surface area contributed by atoms with Crippen molar-refractivity contribution in [3.63, 3.8) is 0 Å². The van der Waals surface area contributed by atoms with Crippen LogP contribution in [-0.2, 0) is 4.79 Å². The van der Waals surface area contributed by atoms with Gasteiger partial charge in [-0.3, -0.25) is 10.1 Å². The molecule has 1 aromatic heterocycles. The number of thiazole rings is 1. The van der Waals surface area contributed by atoms with Gasteiger partial charge in [0.25, 0.3) is 0 Å². The van der Waals surface area contributed by atoms with Gasteiger partial charge in [0.15, 0.2) is 5.13 Å². The highest BCUT2D eigenvalue weighted by atomic mass is 32.2. The first-order valence-corrected chi connectivity index (χ1v) is 12.4. The van der Waals surface area contributed by atoms with Gasteiger partial charge in [0.1, 0.15) is 0 Å². The smallest absolute Gasteiger partial charge is 0.324 e. The van der Waals surface area contributed by atoms with Crippen LogP contribution in [0.3, 0.4) is 0 Å². The summed E-state index contributed by atoms with van der Waals surface area (Å²) in [6.07, 6.45) is 10.7. The first-order valence-electron chi connectivity index (χ1n) is 10.6. The number of carbonyl (C=O) groups is 2. The standard InChI is InChI=1S/C21H33N3O3S2/c1-21(2,3)14-8-10-16(11-9-14)24(15-6-4-5-7-15)20(27)23-19-22-12-18(29-19)28-13-17(25)26/h12,14-16H,4-11,13H2,1-3H3,(H,25,26)(H,22,23,27). The van der Waals surface area contributed by atoms with Gasteiger partial charge in [-0.1, -0.05) is 44.9 Å². The maximum atomic E-state index is 13.2. The summed E-state index contributed by atoms with van der Waals surface area (Å²) in [5, 5.41) is 12.4. The van der Waals surface area contributed by atoms with E-state index >= 15 is 0 Å². The van der Waals surface area contributed by atoms with Crippen molar-refractivity contribution in [3.05, 3.63) is 6.20 Å². The minimum atomic E-state index is -0.854. The zero-order valence-electron chi connectivity index (χ0n) is 17.6. The molecule has 0 spiro atoms. The van der Waals surface area contributed by atoms with E-state index in [2.05, 4.69) is 36.0 Å². The fraction of sp³-hybridized carbons (Fsp3) is 0.762. The van der Waals surface area contributed by atoms with Crippen LogP contribution < -0.4 is 5.32 Å². The van der Waals surface area contributed by atoms with E-state index in [1.165, 1.54) is 48.8 Å². The fourth-order valence-corrected chi connectivity index (χ4v) is 6.29. The molecule has 1 heterocycles. The van der Waals surface area contributed by atoms with Gasteiger partial charge in [0.05, 0.1) is 16.2 Å². The van der Waals surface area contributed by atoms with Crippen LogP contribution in [0.15, 0.2) is 10.4 Å². The Morgan fingerprint density at radius 2 is 1.79 bits per heavy atom. The highest BCUT2D eigenvalue weighted by Gasteiger charge is 2.37. The summed E-state index contributed by atoms with van der Waals surface area (Å²) in [5.74, 6) is -0.131. The van der Waals surface area contributed by atoms with Crippen molar-refractivity contribution in [1.82, 2.24) is 9.88 Å². The second-order valence-corrected chi connectivity index (χ2v) is 11.6. The Bertz CT molecular complexity index is 702. The molecular formula is C21H33N3O3S2. The van der Waals surface area contributed by atoms with Crippen LogP contribution in [0.2, 0.25) is 0 Å². The topological polar surface area (TPSA) is 82.5 Å². The molecule has 0 aliphatic heterocycles. The van der Waals surface area contributed by atoms with Crippen molar-refractivity contribution in [2.45, 2.75) is 88.4 Å². The summed E-state index contributed by atoms with van der Waals surface area (Å²) in [4.78, 5) is 30.4. The Hall–Kier alpha value is -1.28. The molecule has 0 bridgehead atoms. The normalized spacial score (nSPS) is 23.1. The number of amides is 2. The zero-order valence-corrected chi connectivity index (χ0v) is 19.3. The lowest BCUT2D eigenvalue weighted by Gasteiger charge is -2.43. The van der Waals surface area contributed by atoms with E-state index in [1.54, 1.807) is 6.20 Å². The van der Waals surface area contributed by atoms with Crippen molar-refractivity contribution in [2.24, 2.45) is 11.3 Å². The Morgan fingerprint density at radius 1 is 1.17 bits per heavy atom. The summed E-state index contributed by atoms with van der Waals surface area (Å²) in [7, 11) is 0. The molecule has 2 saturated carbocycles. The number of aromatic nitrogens is 1. The third-order valence-corrected chi connectivity index (χ3v) is 8.40. The number of urea groups is 1. The number of carboxylic acids is 1. The molecule has 29 heavy (non-hydrogen) atoms. The van der Waals surface area contributed by atoms with Gasteiger partial charge >= 0.3 is 12.0 Å². The summed E-state index contributed by atoms with van der Waals surface area (Å²) in [6.45, 7) is 6.96. The van der Waals surface area contributed by atoms with Crippen LogP contribution in [0.25, 0.3) is 0 Å². The van der Waals surface area contributed by atoms with Gasteiger partial charge in [0.2, 0.25) is 0 Å². The van der Waals surface area contributed by atoms with Crippen molar-refractivity contribution in [3.8, 4) is 0 Å². The lowest BCUT2D eigenvalue weighted by atomic mass is 9.71. The van der Waals surface area contributed by atoms with Crippen LogP contribution >= 0.6 is 23.1 Å². The maximum Gasteiger partial charge on any atom is 0.324 e. The Balaban J connectivity index is 1.64. The highest BCUT2D eigenvalue weighted by molar-refractivity contribution is 8.01. The number of carbonyl (C=O) groups excluding carboxylic acids is 1. The van der Waals surface area contributed by atoms with Crippen molar-refractivity contribution < 1.29 is 14.7 Å². The van der Waals surface area contributed by atoms with Gasteiger partial charge in [-0.25, -0.2) is 9.78 Å². The number of carboxylic acid groups (broad SMARTS) is 1. The second kappa shape index (κ2) is 9.69. The van der Waals surface area contributed by atoms with Gasteiger partial charge < -0.3 is 10.0 Å². The fourth-order valence-electron chi connectivity index (χ4n) is 4.70. The molecule has 0 aromatic carbocycles. The van der Waals surface area contributed by atoms with Crippen LogP contribution in [0.5, 0.6) is 0 Å². The Labute approximate surface area is 181 Å². The third-order valence-electron chi connectivity index (χ3n) is 6.30. The molecule has 2 amide bonds. The summed E-state index contributed by atoms with van der Waals surface area (Å²) >= 11 is 2.58. The Kier molecular flexibility index (Phi) is 7.48. The van der Waals surface area contributed by atoms with E-state index < -0.39 is 5.97 Å². The molecule has 6 nitrogen and oxygen atoms in total. The van der Waals surface area contributed by atoms with E-state index in [-0.39, 0.29) is 11.8 Å². The SMILES string of the molecule is CC(C)(C)C1CCC(N(C(=O)Nc2ncc(SCC(=O)O)s2)C2CCCC2)CC1. The van der Waals surface area contributed by atoms with E-state index in [9.17, 15) is 9.59 Å². The van der Waals surface area contributed by atoms with Crippen molar-refractivity contribution in [2.75, 3.05) is 11.1 Å². The molecule has 162 valence electrons. The molecule has 8 heteroatoms. The van der Waals surface area contributed by atoms with Crippen LogP contribution in [0, 0.1) is 11.3 Å². The minimum absolute atomic E-state index is 0.000790. The number of hydrogen-bond donors (Lipinski definition) is 2. The summed E-state index contributed by atoms with van der Waals surface area (Å²) in [5.41, 5.74) is 0.330.